The predicted molar refractivity (Wildman–Crippen MR) is 64.5 cm³/mol. The molecule has 0 aliphatic heterocycles. The van der Waals surface area contributed by atoms with Crippen molar-refractivity contribution in [2.45, 2.75) is 13.5 Å². The lowest BCUT2D eigenvalue weighted by Gasteiger charge is -1.98. The Bertz CT molecular complexity index is 623. The monoisotopic (exact) mass is 262 g/mol. The van der Waals surface area contributed by atoms with Crippen LogP contribution in [-0.2, 0) is 6.54 Å². The topological polar surface area (TPSA) is 110 Å². The van der Waals surface area contributed by atoms with Crippen LogP contribution in [0, 0.1) is 18.3 Å². The molecule has 2 aromatic heterocycles. The molecule has 7 nitrogen and oxygen atoms in total. The maximum absolute atomic E-state index is 11.4. The Hall–Kier alpha value is -2.24. The van der Waals surface area contributed by atoms with Crippen molar-refractivity contribution in [2.75, 3.05) is 0 Å². The second kappa shape index (κ2) is 4.95. The molecule has 2 heterocycles. The third-order valence-electron chi connectivity index (χ3n) is 2.34. The minimum Gasteiger partial charge on any atom is -0.289 e. The number of hydrazine groups is 1. The van der Waals surface area contributed by atoms with E-state index >= 15 is 0 Å². The molecular formula is C10H10N6OS. The van der Waals surface area contributed by atoms with Crippen LogP contribution in [0.1, 0.15) is 25.9 Å². The summed E-state index contributed by atoms with van der Waals surface area (Å²) >= 11 is 1.36. The summed E-state index contributed by atoms with van der Waals surface area (Å²) in [5.41, 5.74) is 3.04. The van der Waals surface area contributed by atoms with Crippen molar-refractivity contribution in [2.24, 2.45) is 5.84 Å². The number of hydrogen-bond donors (Lipinski definition) is 2. The zero-order valence-electron chi connectivity index (χ0n) is 9.54. The van der Waals surface area contributed by atoms with E-state index in [-0.39, 0.29) is 11.7 Å². The molecule has 0 aliphatic carbocycles. The van der Waals surface area contributed by atoms with Gasteiger partial charge in [-0.05, 0) is 18.6 Å². The fourth-order valence-corrected chi connectivity index (χ4v) is 2.39. The van der Waals surface area contributed by atoms with Crippen molar-refractivity contribution in [3.8, 4) is 6.07 Å². The predicted octanol–water partition coefficient (Wildman–Crippen LogP) is 0.172. The van der Waals surface area contributed by atoms with Crippen LogP contribution in [0.4, 0.5) is 0 Å². The molecule has 2 aromatic rings. The Morgan fingerprint density at radius 3 is 3.11 bits per heavy atom. The van der Waals surface area contributed by atoms with E-state index in [9.17, 15) is 4.79 Å². The van der Waals surface area contributed by atoms with Crippen molar-refractivity contribution in [3.05, 3.63) is 33.5 Å². The van der Waals surface area contributed by atoms with E-state index in [1.54, 1.807) is 10.7 Å². The van der Waals surface area contributed by atoms with Crippen LogP contribution < -0.4 is 11.3 Å². The third-order valence-corrected chi connectivity index (χ3v) is 3.44. The number of rotatable bonds is 3. The van der Waals surface area contributed by atoms with Gasteiger partial charge in [-0.3, -0.25) is 10.2 Å². The first kappa shape index (κ1) is 12.2. The molecule has 0 radical (unpaired) electrons. The Morgan fingerprint density at radius 2 is 2.50 bits per heavy atom. The number of amides is 1. The minimum atomic E-state index is -0.314. The molecule has 0 saturated carbocycles. The highest BCUT2D eigenvalue weighted by atomic mass is 32.1. The van der Waals surface area contributed by atoms with Gasteiger partial charge in [0.1, 0.15) is 12.4 Å². The van der Waals surface area contributed by atoms with Gasteiger partial charge in [-0.1, -0.05) is 0 Å². The summed E-state index contributed by atoms with van der Waals surface area (Å²) < 4.78 is 1.55. The van der Waals surface area contributed by atoms with Crippen LogP contribution in [0.2, 0.25) is 0 Å². The van der Waals surface area contributed by atoms with Crippen LogP contribution >= 0.6 is 11.3 Å². The highest BCUT2D eigenvalue weighted by Gasteiger charge is 2.12. The van der Waals surface area contributed by atoms with Gasteiger partial charge >= 0.3 is 0 Å². The first-order valence-corrected chi connectivity index (χ1v) is 5.85. The number of carbonyl (C=O) groups excluding carboxylic acids is 1. The van der Waals surface area contributed by atoms with Gasteiger partial charge in [0.2, 0.25) is 0 Å². The summed E-state index contributed by atoms with van der Waals surface area (Å²) in [7, 11) is 0. The molecule has 0 atom stereocenters. The summed E-state index contributed by atoms with van der Waals surface area (Å²) in [4.78, 5) is 16.7. The Kier molecular flexibility index (Phi) is 3.36. The van der Waals surface area contributed by atoms with Crippen molar-refractivity contribution in [3.63, 3.8) is 0 Å². The second-order valence-corrected chi connectivity index (χ2v) is 4.80. The number of thiophene rings is 1. The van der Waals surface area contributed by atoms with E-state index in [1.807, 2.05) is 13.0 Å². The number of nitriles is 1. The van der Waals surface area contributed by atoms with E-state index in [0.29, 0.717) is 11.4 Å². The lowest BCUT2D eigenvalue weighted by molar-refractivity contribution is 0.0957. The average molecular weight is 262 g/mol. The number of aromatic nitrogens is 3. The molecule has 3 N–H and O–H groups in total. The number of nitrogens with one attached hydrogen (secondary N) is 1. The van der Waals surface area contributed by atoms with Crippen LogP contribution in [0.3, 0.4) is 0 Å². The number of nitrogens with two attached hydrogens (primary N) is 1. The number of carbonyl (C=O) groups is 1. The molecule has 0 saturated heterocycles. The third kappa shape index (κ3) is 2.37. The molecular weight excluding hydrogens is 252 g/mol. The second-order valence-electron chi connectivity index (χ2n) is 3.54. The van der Waals surface area contributed by atoms with Crippen molar-refractivity contribution in [1.82, 2.24) is 20.2 Å². The minimum absolute atomic E-state index is 0.128. The van der Waals surface area contributed by atoms with Crippen LogP contribution in [0.15, 0.2) is 12.4 Å². The van der Waals surface area contributed by atoms with Gasteiger partial charge < -0.3 is 0 Å². The largest absolute Gasteiger partial charge is 0.289 e. The van der Waals surface area contributed by atoms with Crippen LogP contribution in [0.25, 0.3) is 0 Å². The van der Waals surface area contributed by atoms with Gasteiger partial charge in [0, 0.05) is 4.88 Å². The van der Waals surface area contributed by atoms with E-state index < -0.39 is 0 Å². The zero-order valence-corrected chi connectivity index (χ0v) is 10.4. The molecule has 92 valence electrons. The molecule has 0 unspecified atom stereocenters. The lowest BCUT2D eigenvalue weighted by Crippen LogP contribution is -2.29. The van der Waals surface area contributed by atoms with Gasteiger partial charge in [-0.2, -0.15) is 5.26 Å². The Labute approximate surface area is 107 Å². The molecule has 0 spiro atoms. The molecule has 1 amide bonds. The average Bonchev–Trinajstić information content (AvgIpc) is 2.96. The Balaban J connectivity index is 2.21. The summed E-state index contributed by atoms with van der Waals surface area (Å²) in [6.07, 6.45) is 1.48. The molecule has 0 bridgehead atoms. The Morgan fingerprint density at radius 1 is 1.72 bits per heavy atom. The van der Waals surface area contributed by atoms with Gasteiger partial charge in [0.05, 0.1) is 11.4 Å². The number of hydrogen-bond acceptors (Lipinski definition) is 6. The first-order valence-electron chi connectivity index (χ1n) is 5.04. The summed E-state index contributed by atoms with van der Waals surface area (Å²) in [5.74, 6) is 4.89. The smallest absolute Gasteiger partial charge is 0.275 e. The molecule has 0 aromatic carbocycles. The molecule has 0 fully saturated rings. The van der Waals surface area contributed by atoms with E-state index in [4.69, 9.17) is 11.1 Å². The number of aryl methyl sites for hydroxylation is 1. The van der Waals surface area contributed by atoms with E-state index in [0.717, 1.165) is 10.4 Å². The maximum atomic E-state index is 11.4. The van der Waals surface area contributed by atoms with Crippen molar-refractivity contribution in [1.29, 1.82) is 5.26 Å². The summed E-state index contributed by atoms with van der Waals surface area (Å²) in [5, 5.41) is 12.6. The summed E-state index contributed by atoms with van der Waals surface area (Å²) in [6, 6.07) is 3.62. The molecule has 0 aliphatic rings. The quantitative estimate of drug-likeness (QED) is 0.465. The van der Waals surface area contributed by atoms with Gasteiger partial charge in [-0.25, -0.2) is 15.5 Å². The van der Waals surface area contributed by atoms with Crippen molar-refractivity contribution >= 4 is 17.2 Å². The normalized spacial score (nSPS) is 10.1. The number of nitrogen functional groups attached to an aromatic ring is 1. The highest BCUT2D eigenvalue weighted by molar-refractivity contribution is 7.14. The maximum Gasteiger partial charge on any atom is 0.275 e. The zero-order chi connectivity index (χ0) is 13.1. The molecule has 18 heavy (non-hydrogen) atoms. The van der Waals surface area contributed by atoms with Gasteiger partial charge in [0.25, 0.3) is 11.7 Å². The summed E-state index contributed by atoms with van der Waals surface area (Å²) in [6.45, 7) is 2.38. The van der Waals surface area contributed by atoms with Gasteiger partial charge in [-0.15, -0.1) is 16.4 Å². The van der Waals surface area contributed by atoms with E-state index in [2.05, 4.69) is 15.5 Å². The highest BCUT2D eigenvalue weighted by Crippen LogP contribution is 2.22. The standard InChI is InChI=1S/C10H10N6OS/c1-6-7(2-8(18-6)10(17)14-12)4-16-5-13-9(3-11)15-16/h2,5H,4,12H2,1H3,(H,14,17). The fourth-order valence-electron chi connectivity index (χ4n) is 1.46. The van der Waals surface area contributed by atoms with Crippen LogP contribution in [0.5, 0.6) is 0 Å². The molecule has 2 rings (SSSR count). The van der Waals surface area contributed by atoms with Crippen molar-refractivity contribution < 1.29 is 4.79 Å². The van der Waals surface area contributed by atoms with Crippen LogP contribution in [-0.4, -0.2) is 20.7 Å². The number of nitrogens with zero attached hydrogens (tertiary/aromatic N) is 4. The first-order chi connectivity index (χ1) is 8.63. The SMILES string of the molecule is Cc1sc(C(=O)NN)cc1Cn1cnc(C#N)n1. The van der Waals surface area contributed by atoms with Gasteiger partial charge in [0.15, 0.2) is 0 Å². The lowest BCUT2D eigenvalue weighted by atomic mass is 10.2. The molecule has 8 heteroatoms. The van der Waals surface area contributed by atoms with E-state index in [1.165, 1.54) is 17.7 Å². The fraction of sp³-hybridized carbons (Fsp3) is 0.200.